The lowest BCUT2D eigenvalue weighted by atomic mass is 9.51. The Morgan fingerprint density at radius 2 is 1.84 bits per heavy atom. The number of aromatic hydroxyl groups is 1. The molecule has 264 valence electrons. The fourth-order valence-corrected chi connectivity index (χ4v) is 7.19. The normalized spacial score (nSPS) is 27.1. The number of phenols is 1. The molecule has 0 bridgehead atoms. The molecule has 3 aliphatic carbocycles. The molecule has 0 radical (unpaired) electrons. The summed E-state index contributed by atoms with van der Waals surface area (Å²) >= 11 is 0. The summed E-state index contributed by atoms with van der Waals surface area (Å²) in [6, 6.07) is 6.01. The number of hydrogen-bond acceptors (Lipinski definition) is 15. The zero-order valence-electron chi connectivity index (χ0n) is 26.8. The Hall–Kier alpha value is -5.52. The number of phenolic OH excluding ortho intramolecular Hbond substituents is 1. The Kier molecular flexibility index (Phi) is 9.60. The highest BCUT2D eigenvalue weighted by Gasteiger charge is 2.68. The molecule has 2 fully saturated rings. The number of aliphatic hydroxyl groups excluding tert-OH is 1. The van der Waals surface area contributed by atoms with Crippen LogP contribution in [0.5, 0.6) is 17.2 Å². The molecule has 17 nitrogen and oxygen atoms in total. The minimum atomic E-state index is -2.52. The number of Topliss-reactive ketones (excluding diaryl/α,β-unsaturated/α-hetero) is 3. The predicted octanol–water partition coefficient (Wildman–Crippen LogP) is 0.243. The number of primary amides is 1. The van der Waals surface area contributed by atoms with Crippen LogP contribution in [-0.4, -0.2) is 99.0 Å². The van der Waals surface area contributed by atoms with E-state index in [1.54, 1.807) is 0 Å². The molecule has 0 aliphatic heterocycles. The Morgan fingerprint density at radius 1 is 1.14 bits per heavy atom. The minimum Gasteiger partial charge on any atom is -0.507 e. The molecule has 1 amide bonds. The topological polar surface area (TPSA) is 263 Å². The van der Waals surface area contributed by atoms with Crippen molar-refractivity contribution >= 4 is 40.8 Å². The number of nitrogens with two attached hydrogens (primary N) is 1. The minimum absolute atomic E-state index is 0.0369. The lowest BCUT2D eigenvalue weighted by Crippen LogP contribution is -2.73. The molecule has 3 aliphatic rings. The summed E-state index contributed by atoms with van der Waals surface area (Å²) in [6.45, 7) is 3.68. The fraction of sp³-hybridized carbons (Fsp3) is 0.394. The highest BCUT2D eigenvalue weighted by Crippen LogP contribution is 2.54. The molecule has 5 unspecified atom stereocenters. The summed E-state index contributed by atoms with van der Waals surface area (Å²) in [7, 11) is 2.95. The largest absolute Gasteiger partial charge is 0.507 e. The van der Waals surface area contributed by atoms with Gasteiger partial charge in [0.2, 0.25) is 5.91 Å². The van der Waals surface area contributed by atoms with E-state index in [9.17, 15) is 54.2 Å². The molecular weight excluding hydrogens is 662 g/mol. The van der Waals surface area contributed by atoms with Crippen molar-refractivity contribution in [3.05, 3.63) is 69.8 Å². The second-order valence-corrected chi connectivity index (χ2v) is 12.5. The van der Waals surface area contributed by atoms with Gasteiger partial charge in [0.15, 0.2) is 17.3 Å². The van der Waals surface area contributed by atoms with Gasteiger partial charge in [0.1, 0.15) is 34.3 Å². The van der Waals surface area contributed by atoms with E-state index in [1.807, 2.05) is 0 Å². The molecule has 0 spiro atoms. The average molecular weight is 696 g/mol. The van der Waals surface area contributed by atoms with Crippen LogP contribution in [0.1, 0.15) is 45.5 Å². The van der Waals surface area contributed by atoms with Crippen molar-refractivity contribution < 1.29 is 63.5 Å². The molecule has 5 N–H and O–H groups in total. The first kappa shape index (κ1) is 35.8. The third kappa shape index (κ3) is 6.10. The maximum absolute atomic E-state index is 14.2. The van der Waals surface area contributed by atoms with Crippen molar-refractivity contribution in [2.24, 2.45) is 29.4 Å². The lowest BCUT2D eigenvalue weighted by Gasteiger charge is -2.56. The Balaban J connectivity index is 1.45. The van der Waals surface area contributed by atoms with Crippen LogP contribution in [0.15, 0.2) is 43.0 Å². The summed E-state index contributed by atoms with van der Waals surface area (Å²) in [4.78, 5) is 95.2. The van der Waals surface area contributed by atoms with Crippen LogP contribution < -0.4 is 15.2 Å². The molecule has 0 aromatic heterocycles. The fourth-order valence-electron chi connectivity index (χ4n) is 7.19. The first-order valence-corrected chi connectivity index (χ1v) is 15.3. The summed E-state index contributed by atoms with van der Waals surface area (Å²) in [5.41, 5.74) is 2.38. The van der Waals surface area contributed by atoms with Gasteiger partial charge in [0, 0.05) is 24.7 Å². The SMILES string of the molecule is C=C1c2cccc(OC(=O)c3cc(OC(=O)CCCO[N+](=O)[O-])ccc3O)c2C(=O)C2C(=O)[C@]3(O)CC(C(N)=O)C(=O)[C@@H](N(C)C)C3C(O)C12. The third-order valence-electron chi connectivity index (χ3n) is 9.39. The Morgan fingerprint density at radius 3 is 2.48 bits per heavy atom. The van der Waals surface area contributed by atoms with Crippen molar-refractivity contribution in [1.82, 2.24) is 4.90 Å². The van der Waals surface area contributed by atoms with E-state index in [0.29, 0.717) is 0 Å². The number of hydrogen-bond donors (Lipinski definition) is 4. The summed E-state index contributed by atoms with van der Waals surface area (Å²) in [5, 5.41) is 43.3. The van der Waals surface area contributed by atoms with E-state index in [1.165, 1.54) is 43.3 Å². The maximum atomic E-state index is 14.2. The summed E-state index contributed by atoms with van der Waals surface area (Å²) < 4.78 is 10.7. The standard InChI is InChI=1S/C33H33N3O14/c1-14-16-6-4-7-20(50-32(44)17-12-15(9-10-19(17)37)49-21(38)8-5-11-48-36(46)47)23(16)28(40)24-22(14)29(41)25-26(35(2)3)27(39)18(31(34)43)13-33(25,45)30(24)42/h4,6-7,9-10,12,18,22,24-26,29,37,41,45H,1,5,8,11,13H2,2-3H3,(H2,34,43)/t18?,22?,24?,25?,26-,29?,33-/m0/s1. The van der Waals surface area contributed by atoms with Crippen LogP contribution in [-0.2, 0) is 24.0 Å². The van der Waals surface area contributed by atoms with Gasteiger partial charge < -0.3 is 35.4 Å². The van der Waals surface area contributed by atoms with Crippen molar-refractivity contribution in [3.63, 3.8) is 0 Å². The van der Waals surface area contributed by atoms with Gasteiger partial charge in [-0.3, -0.25) is 28.9 Å². The van der Waals surface area contributed by atoms with Crippen LogP contribution in [0.4, 0.5) is 0 Å². The summed E-state index contributed by atoms with van der Waals surface area (Å²) in [5.74, 6) is -13.0. The molecule has 0 heterocycles. The van der Waals surface area contributed by atoms with E-state index in [2.05, 4.69) is 11.4 Å². The number of ether oxygens (including phenoxy) is 2. The van der Waals surface area contributed by atoms with E-state index < -0.39 is 99.4 Å². The van der Waals surface area contributed by atoms with Gasteiger partial charge in [-0.15, -0.1) is 10.1 Å². The maximum Gasteiger partial charge on any atom is 0.347 e. The number of fused-ring (bicyclic) bond motifs is 3. The van der Waals surface area contributed by atoms with Crippen LogP contribution >= 0.6 is 0 Å². The molecule has 2 aromatic rings. The Labute approximate surface area is 283 Å². The monoisotopic (exact) mass is 695 g/mol. The van der Waals surface area contributed by atoms with E-state index in [0.717, 1.165) is 12.1 Å². The molecule has 5 rings (SSSR count). The predicted molar refractivity (Wildman–Crippen MR) is 167 cm³/mol. The van der Waals surface area contributed by atoms with Gasteiger partial charge in [-0.1, -0.05) is 18.7 Å². The lowest BCUT2D eigenvalue weighted by molar-refractivity contribution is -0.757. The first-order valence-electron chi connectivity index (χ1n) is 15.3. The number of carbonyl (C=O) groups excluding carboxylic acids is 6. The molecule has 2 aromatic carbocycles. The van der Waals surface area contributed by atoms with Crippen molar-refractivity contribution in [2.45, 2.75) is 37.0 Å². The Bertz CT molecular complexity index is 1840. The zero-order valence-corrected chi connectivity index (χ0v) is 26.8. The van der Waals surface area contributed by atoms with Crippen LogP contribution in [0, 0.1) is 33.8 Å². The van der Waals surface area contributed by atoms with E-state index in [4.69, 9.17) is 15.2 Å². The summed E-state index contributed by atoms with van der Waals surface area (Å²) in [6.07, 6.45) is -2.71. The number of amides is 1. The average Bonchev–Trinajstić information content (AvgIpc) is 3.04. The highest BCUT2D eigenvalue weighted by atomic mass is 16.9. The number of carbonyl (C=O) groups is 6. The second kappa shape index (κ2) is 13.4. The smallest absolute Gasteiger partial charge is 0.347 e. The van der Waals surface area contributed by atoms with Crippen molar-refractivity contribution in [2.75, 3.05) is 20.7 Å². The van der Waals surface area contributed by atoms with Crippen molar-refractivity contribution in [1.29, 1.82) is 0 Å². The molecule has 7 atom stereocenters. The van der Waals surface area contributed by atoms with Gasteiger partial charge in [0.25, 0.3) is 5.09 Å². The van der Waals surface area contributed by atoms with Gasteiger partial charge in [-0.25, -0.2) is 4.79 Å². The number of nitrogens with zero attached hydrogens (tertiary/aromatic N) is 2. The molecule has 2 saturated carbocycles. The van der Waals surface area contributed by atoms with Gasteiger partial charge in [0.05, 0.1) is 30.2 Å². The van der Waals surface area contributed by atoms with Crippen molar-refractivity contribution in [3.8, 4) is 17.2 Å². The number of rotatable bonds is 10. The molecule has 50 heavy (non-hydrogen) atoms. The molecular formula is C33H33N3O14. The van der Waals surface area contributed by atoms with Crippen LogP contribution in [0.3, 0.4) is 0 Å². The number of aliphatic hydroxyl groups is 2. The molecule has 17 heteroatoms. The quantitative estimate of drug-likeness (QED) is 0.0648. The van der Waals surface area contributed by atoms with Gasteiger partial charge in [-0.2, -0.15) is 0 Å². The second-order valence-electron chi connectivity index (χ2n) is 12.5. The number of likely N-dealkylation sites (N-methyl/N-ethyl adjacent to an activating group) is 1. The first-order chi connectivity index (χ1) is 23.5. The number of benzene rings is 2. The van der Waals surface area contributed by atoms with E-state index in [-0.39, 0.29) is 47.6 Å². The number of ketones is 3. The third-order valence-corrected chi connectivity index (χ3v) is 9.39. The molecule has 0 saturated heterocycles. The van der Waals surface area contributed by atoms with Crippen LogP contribution in [0.25, 0.3) is 5.57 Å². The van der Waals surface area contributed by atoms with E-state index >= 15 is 0 Å². The van der Waals surface area contributed by atoms with Crippen LogP contribution in [0.2, 0.25) is 0 Å². The van der Waals surface area contributed by atoms with Gasteiger partial charge in [-0.05, 0) is 55.9 Å². The number of esters is 2. The highest BCUT2D eigenvalue weighted by molar-refractivity contribution is 6.21. The van der Waals surface area contributed by atoms with Gasteiger partial charge >= 0.3 is 11.9 Å². The zero-order chi connectivity index (χ0) is 36.8.